The molecule has 0 aliphatic rings. The zero-order valence-electron chi connectivity index (χ0n) is 14.9. The van der Waals surface area contributed by atoms with Crippen LogP contribution in [0, 0.1) is 10.1 Å². The maximum Gasteiger partial charge on any atom is 0.293 e. The molecule has 0 aliphatic carbocycles. The molecule has 0 saturated carbocycles. The molecule has 3 rings (SSSR count). The number of anilines is 1. The summed E-state index contributed by atoms with van der Waals surface area (Å²) in [5.41, 5.74) is 2.43. The monoisotopic (exact) mass is 362 g/mol. The van der Waals surface area contributed by atoms with Gasteiger partial charge in [0, 0.05) is 25.1 Å². The number of pyridine rings is 1. The molecule has 0 radical (unpaired) electrons. The van der Waals surface area contributed by atoms with E-state index in [0.29, 0.717) is 0 Å². The van der Waals surface area contributed by atoms with Gasteiger partial charge in [-0.15, -0.1) is 0 Å². The Kier molecular flexibility index (Phi) is 5.56. The van der Waals surface area contributed by atoms with Gasteiger partial charge in [-0.3, -0.25) is 14.9 Å². The Labute approximate surface area is 157 Å². The standard InChI is InChI=1S/C21H19N3O3/c1-16(21(25)22-19-9-5-6-10-20(19)24(26)27)23-13-11-18(12-14-23)15-17-7-3-2-4-8-17/h2-14,16H,15H2,1H3/p+1/t16-/m0/s1. The second kappa shape index (κ2) is 8.23. The van der Waals surface area contributed by atoms with Gasteiger partial charge in [0.25, 0.3) is 11.6 Å². The van der Waals surface area contributed by atoms with Crippen molar-refractivity contribution in [2.45, 2.75) is 19.4 Å². The van der Waals surface area contributed by atoms with Crippen LogP contribution >= 0.6 is 0 Å². The zero-order chi connectivity index (χ0) is 19.2. The first-order valence-electron chi connectivity index (χ1n) is 8.62. The summed E-state index contributed by atoms with van der Waals surface area (Å²) in [6.07, 6.45) is 4.52. The van der Waals surface area contributed by atoms with Crippen LogP contribution < -0.4 is 9.88 Å². The number of rotatable bonds is 6. The van der Waals surface area contributed by atoms with Gasteiger partial charge in [-0.05, 0) is 23.6 Å². The quantitative estimate of drug-likeness (QED) is 0.413. The van der Waals surface area contributed by atoms with Gasteiger partial charge in [0.1, 0.15) is 5.69 Å². The number of hydrogen-bond acceptors (Lipinski definition) is 3. The van der Waals surface area contributed by atoms with Gasteiger partial charge < -0.3 is 5.32 Å². The summed E-state index contributed by atoms with van der Waals surface area (Å²) in [4.78, 5) is 23.1. The van der Waals surface area contributed by atoms with Crippen LogP contribution in [0.1, 0.15) is 24.1 Å². The summed E-state index contributed by atoms with van der Waals surface area (Å²) in [7, 11) is 0. The minimum absolute atomic E-state index is 0.124. The lowest BCUT2D eigenvalue weighted by molar-refractivity contribution is -0.705. The largest absolute Gasteiger partial charge is 0.315 e. The second-order valence-electron chi connectivity index (χ2n) is 6.26. The van der Waals surface area contributed by atoms with E-state index in [4.69, 9.17) is 0 Å². The number of nitro groups is 1. The predicted octanol–water partition coefficient (Wildman–Crippen LogP) is 3.67. The summed E-state index contributed by atoms with van der Waals surface area (Å²) in [6, 6.07) is 19.7. The number of hydrogen-bond donors (Lipinski definition) is 1. The summed E-state index contributed by atoms with van der Waals surface area (Å²) >= 11 is 0. The molecule has 1 amide bonds. The third-order valence-corrected chi connectivity index (χ3v) is 4.36. The van der Waals surface area contributed by atoms with Gasteiger partial charge in [0.05, 0.1) is 4.92 Å². The third-order valence-electron chi connectivity index (χ3n) is 4.36. The zero-order valence-corrected chi connectivity index (χ0v) is 14.9. The Morgan fingerprint density at radius 3 is 2.26 bits per heavy atom. The molecule has 6 heteroatoms. The predicted molar refractivity (Wildman–Crippen MR) is 102 cm³/mol. The van der Waals surface area contributed by atoms with Crippen molar-refractivity contribution in [2.24, 2.45) is 0 Å². The molecule has 0 unspecified atom stereocenters. The molecule has 6 nitrogen and oxygen atoms in total. The van der Waals surface area contributed by atoms with Crippen LogP contribution in [-0.2, 0) is 11.2 Å². The maximum absolute atomic E-state index is 12.5. The number of carbonyl (C=O) groups excluding carboxylic acids is 1. The number of aromatic nitrogens is 1. The molecule has 0 saturated heterocycles. The molecule has 136 valence electrons. The van der Waals surface area contributed by atoms with E-state index in [1.807, 2.05) is 42.7 Å². The van der Waals surface area contributed by atoms with E-state index in [1.165, 1.54) is 17.7 Å². The Morgan fingerprint density at radius 2 is 1.59 bits per heavy atom. The van der Waals surface area contributed by atoms with Gasteiger partial charge in [-0.2, -0.15) is 4.57 Å². The first-order chi connectivity index (χ1) is 13.0. The molecule has 1 aromatic heterocycles. The van der Waals surface area contributed by atoms with Crippen molar-refractivity contribution >= 4 is 17.3 Å². The highest BCUT2D eigenvalue weighted by Crippen LogP contribution is 2.23. The minimum atomic E-state index is -0.508. The minimum Gasteiger partial charge on any atom is -0.315 e. The molecular weight excluding hydrogens is 342 g/mol. The number of carbonyl (C=O) groups is 1. The molecule has 2 aromatic carbocycles. The van der Waals surface area contributed by atoms with Gasteiger partial charge in [0.15, 0.2) is 12.4 Å². The summed E-state index contributed by atoms with van der Waals surface area (Å²) < 4.78 is 1.78. The van der Waals surface area contributed by atoms with Crippen molar-refractivity contribution in [3.8, 4) is 0 Å². The molecule has 0 bridgehead atoms. The molecule has 0 aliphatic heterocycles. The molecule has 0 fully saturated rings. The van der Waals surface area contributed by atoms with E-state index in [0.717, 1.165) is 12.0 Å². The average molecular weight is 362 g/mol. The lowest BCUT2D eigenvalue weighted by Gasteiger charge is -2.09. The van der Waals surface area contributed by atoms with E-state index in [-0.39, 0.29) is 17.3 Å². The summed E-state index contributed by atoms with van der Waals surface area (Å²) in [5.74, 6) is -0.315. The first kappa shape index (κ1) is 18.3. The number of benzene rings is 2. The lowest BCUT2D eigenvalue weighted by atomic mass is 10.1. The van der Waals surface area contributed by atoms with E-state index in [2.05, 4.69) is 17.4 Å². The van der Waals surface area contributed by atoms with Crippen molar-refractivity contribution < 1.29 is 14.3 Å². The molecule has 0 spiro atoms. The number of nitrogens with zero attached hydrogens (tertiary/aromatic N) is 2. The second-order valence-corrected chi connectivity index (χ2v) is 6.26. The van der Waals surface area contributed by atoms with Crippen LogP contribution in [0.4, 0.5) is 11.4 Å². The van der Waals surface area contributed by atoms with Crippen molar-refractivity contribution in [3.63, 3.8) is 0 Å². The fourth-order valence-electron chi connectivity index (χ4n) is 2.79. The number of nitrogens with one attached hydrogen (secondary N) is 1. The summed E-state index contributed by atoms with van der Waals surface area (Å²) in [5, 5.41) is 13.7. The van der Waals surface area contributed by atoms with Crippen molar-refractivity contribution in [2.75, 3.05) is 5.32 Å². The topological polar surface area (TPSA) is 76.1 Å². The molecule has 1 N–H and O–H groups in total. The van der Waals surface area contributed by atoms with E-state index in [1.54, 1.807) is 23.6 Å². The maximum atomic E-state index is 12.5. The highest BCUT2D eigenvalue weighted by atomic mass is 16.6. The van der Waals surface area contributed by atoms with Crippen LogP contribution in [0.15, 0.2) is 79.1 Å². The third kappa shape index (κ3) is 4.55. The smallest absolute Gasteiger partial charge is 0.293 e. The Hall–Kier alpha value is -3.54. The number of amides is 1. The van der Waals surface area contributed by atoms with Gasteiger partial charge in [-0.1, -0.05) is 42.5 Å². The highest BCUT2D eigenvalue weighted by molar-refractivity contribution is 5.94. The summed E-state index contributed by atoms with van der Waals surface area (Å²) in [6.45, 7) is 1.75. The van der Waals surface area contributed by atoms with E-state index in [9.17, 15) is 14.9 Å². The number of para-hydroxylation sites is 2. The first-order valence-corrected chi connectivity index (χ1v) is 8.62. The Balaban J connectivity index is 1.69. The van der Waals surface area contributed by atoms with Gasteiger partial charge >= 0.3 is 0 Å². The van der Waals surface area contributed by atoms with Crippen LogP contribution in [0.25, 0.3) is 0 Å². The van der Waals surface area contributed by atoms with Gasteiger partial charge in [-0.25, -0.2) is 0 Å². The molecule has 1 atom stereocenters. The van der Waals surface area contributed by atoms with Crippen LogP contribution in [0.5, 0.6) is 0 Å². The molecule has 3 aromatic rings. The fraction of sp³-hybridized carbons (Fsp3) is 0.143. The molecular formula is C21H20N3O3+. The highest BCUT2D eigenvalue weighted by Gasteiger charge is 2.24. The SMILES string of the molecule is C[C@@H](C(=O)Nc1ccccc1[N+](=O)[O-])[n+]1ccc(Cc2ccccc2)cc1. The normalized spacial score (nSPS) is 11.6. The molecule has 1 heterocycles. The Bertz CT molecular complexity index is 940. The van der Waals surface area contributed by atoms with Crippen molar-refractivity contribution in [1.82, 2.24) is 0 Å². The van der Waals surface area contributed by atoms with E-state index < -0.39 is 11.0 Å². The van der Waals surface area contributed by atoms with E-state index >= 15 is 0 Å². The van der Waals surface area contributed by atoms with Crippen LogP contribution in [-0.4, -0.2) is 10.8 Å². The van der Waals surface area contributed by atoms with Crippen molar-refractivity contribution in [3.05, 3.63) is 100 Å². The van der Waals surface area contributed by atoms with Crippen LogP contribution in [0.3, 0.4) is 0 Å². The van der Waals surface area contributed by atoms with Gasteiger partial charge in [0.2, 0.25) is 6.04 Å². The van der Waals surface area contributed by atoms with Crippen LogP contribution in [0.2, 0.25) is 0 Å². The van der Waals surface area contributed by atoms with Crippen molar-refractivity contribution in [1.29, 1.82) is 0 Å². The average Bonchev–Trinajstić information content (AvgIpc) is 2.69. The fourth-order valence-corrected chi connectivity index (χ4v) is 2.79. The lowest BCUT2D eigenvalue weighted by Crippen LogP contribution is -2.44. The number of nitro benzene ring substituents is 1. The Morgan fingerprint density at radius 1 is 1.00 bits per heavy atom. The molecule has 27 heavy (non-hydrogen) atoms.